The largest absolute Gasteiger partial charge is 0.341 e. The van der Waals surface area contributed by atoms with Gasteiger partial charge in [-0.3, -0.25) is 0 Å². The molecule has 1 aromatic heterocycles. The van der Waals surface area contributed by atoms with E-state index in [-0.39, 0.29) is 6.04 Å². The van der Waals surface area contributed by atoms with E-state index in [0.717, 1.165) is 11.4 Å². The molecular formula is C12H17N3. The molecule has 3 nitrogen and oxygen atoms in total. The quantitative estimate of drug-likeness (QED) is 0.766. The van der Waals surface area contributed by atoms with Crippen LogP contribution in [0.4, 0.5) is 5.95 Å². The molecule has 1 N–H and O–H groups in total. The third-order valence-corrected chi connectivity index (χ3v) is 2.06. The number of aryl methyl sites for hydroxylation is 1. The predicted molar refractivity (Wildman–Crippen MR) is 62.8 cm³/mol. The average Bonchev–Trinajstić information content (AvgIpc) is 2.16. The number of nitrogens with zero attached hydrogens (tertiary/aromatic N) is 2. The molecule has 0 radical (unpaired) electrons. The van der Waals surface area contributed by atoms with E-state index in [2.05, 4.69) is 35.1 Å². The van der Waals surface area contributed by atoms with Crippen molar-refractivity contribution in [1.29, 1.82) is 0 Å². The van der Waals surface area contributed by atoms with E-state index in [9.17, 15) is 0 Å². The van der Waals surface area contributed by atoms with E-state index >= 15 is 0 Å². The Kier molecular flexibility index (Phi) is 3.68. The van der Waals surface area contributed by atoms with Crippen LogP contribution in [0.25, 0.3) is 0 Å². The fourth-order valence-corrected chi connectivity index (χ4v) is 1.19. The maximum atomic E-state index is 5.29. The molecule has 15 heavy (non-hydrogen) atoms. The van der Waals surface area contributed by atoms with Gasteiger partial charge in [-0.05, 0) is 25.8 Å². The first-order valence-electron chi connectivity index (χ1n) is 5.11. The summed E-state index contributed by atoms with van der Waals surface area (Å²) in [7, 11) is 0. The predicted octanol–water partition coefficient (Wildman–Crippen LogP) is 2.34. The first-order chi connectivity index (χ1) is 7.02. The standard InChI is InChI=1S/C12H17N3/c1-6-9(4)13-12-14-10(5)7-11(15-12)8(2)3/h1,7-9H,2-5H3,(H,13,14,15). The number of terminal acetylenes is 1. The third kappa shape index (κ3) is 3.25. The summed E-state index contributed by atoms with van der Waals surface area (Å²) in [6.07, 6.45) is 5.29. The van der Waals surface area contributed by atoms with Gasteiger partial charge >= 0.3 is 0 Å². The third-order valence-electron chi connectivity index (χ3n) is 2.06. The topological polar surface area (TPSA) is 37.8 Å². The van der Waals surface area contributed by atoms with E-state index in [1.54, 1.807) is 0 Å². The molecule has 0 spiro atoms. The van der Waals surface area contributed by atoms with Crippen LogP contribution in [-0.2, 0) is 0 Å². The van der Waals surface area contributed by atoms with Crippen molar-refractivity contribution in [3.8, 4) is 12.3 Å². The maximum Gasteiger partial charge on any atom is 0.224 e. The van der Waals surface area contributed by atoms with Crippen LogP contribution in [0.3, 0.4) is 0 Å². The Bertz CT molecular complexity index is 377. The number of hydrogen-bond donors (Lipinski definition) is 1. The van der Waals surface area contributed by atoms with E-state index in [1.165, 1.54) is 0 Å². The number of aromatic nitrogens is 2. The zero-order valence-electron chi connectivity index (χ0n) is 9.70. The summed E-state index contributed by atoms with van der Waals surface area (Å²) in [5, 5.41) is 3.07. The van der Waals surface area contributed by atoms with Crippen molar-refractivity contribution >= 4 is 5.95 Å². The summed E-state index contributed by atoms with van der Waals surface area (Å²) in [6.45, 7) is 8.08. The maximum absolute atomic E-state index is 5.29. The Hall–Kier alpha value is -1.56. The summed E-state index contributed by atoms with van der Waals surface area (Å²) in [6, 6.07) is 1.95. The monoisotopic (exact) mass is 203 g/mol. The molecule has 0 aliphatic carbocycles. The van der Waals surface area contributed by atoms with Crippen molar-refractivity contribution in [2.75, 3.05) is 5.32 Å². The lowest BCUT2D eigenvalue weighted by Crippen LogP contribution is -2.15. The number of nitrogens with one attached hydrogen (secondary N) is 1. The first-order valence-corrected chi connectivity index (χ1v) is 5.11. The van der Waals surface area contributed by atoms with E-state index in [1.807, 2.05) is 19.9 Å². The fraction of sp³-hybridized carbons (Fsp3) is 0.500. The van der Waals surface area contributed by atoms with Gasteiger partial charge in [0.2, 0.25) is 5.95 Å². The van der Waals surface area contributed by atoms with Gasteiger partial charge < -0.3 is 5.32 Å². The van der Waals surface area contributed by atoms with Gasteiger partial charge in [-0.1, -0.05) is 19.8 Å². The lowest BCUT2D eigenvalue weighted by Gasteiger charge is -2.11. The second-order valence-corrected chi connectivity index (χ2v) is 3.95. The van der Waals surface area contributed by atoms with Gasteiger partial charge in [-0.15, -0.1) is 6.42 Å². The first kappa shape index (κ1) is 11.5. The number of anilines is 1. The van der Waals surface area contributed by atoms with Gasteiger partial charge in [0.05, 0.1) is 6.04 Å². The van der Waals surface area contributed by atoms with Crippen LogP contribution in [0.5, 0.6) is 0 Å². The molecule has 3 heteroatoms. The van der Waals surface area contributed by atoms with Gasteiger partial charge in [-0.25, -0.2) is 9.97 Å². The minimum atomic E-state index is -0.0492. The van der Waals surface area contributed by atoms with Crippen molar-refractivity contribution in [2.24, 2.45) is 0 Å². The molecule has 0 amide bonds. The molecule has 0 saturated carbocycles. The van der Waals surface area contributed by atoms with Crippen molar-refractivity contribution in [3.63, 3.8) is 0 Å². The smallest absolute Gasteiger partial charge is 0.224 e. The highest BCUT2D eigenvalue weighted by molar-refractivity contribution is 5.32. The highest BCUT2D eigenvalue weighted by Gasteiger charge is 2.06. The molecule has 0 bridgehead atoms. The Labute approximate surface area is 91.3 Å². The normalized spacial score (nSPS) is 12.3. The molecule has 0 aliphatic heterocycles. The molecule has 0 aromatic carbocycles. The Morgan fingerprint density at radius 2 is 2.00 bits per heavy atom. The Balaban J connectivity index is 2.95. The zero-order valence-corrected chi connectivity index (χ0v) is 9.70. The van der Waals surface area contributed by atoms with Crippen LogP contribution >= 0.6 is 0 Å². The summed E-state index contributed by atoms with van der Waals surface area (Å²) in [4.78, 5) is 8.69. The van der Waals surface area contributed by atoms with Crippen LogP contribution < -0.4 is 5.32 Å². The minimum absolute atomic E-state index is 0.0492. The summed E-state index contributed by atoms with van der Waals surface area (Å²) < 4.78 is 0. The molecular weight excluding hydrogens is 186 g/mol. The minimum Gasteiger partial charge on any atom is -0.341 e. The van der Waals surface area contributed by atoms with Crippen molar-refractivity contribution < 1.29 is 0 Å². The number of hydrogen-bond acceptors (Lipinski definition) is 3. The summed E-state index contributed by atoms with van der Waals surface area (Å²) in [5.74, 6) is 3.60. The summed E-state index contributed by atoms with van der Waals surface area (Å²) in [5.41, 5.74) is 2.00. The molecule has 1 atom stereocenters. The van der Waals surface area contributed by atoms with Gasteiger partial charge in [0.15, 0.2) is 0 Å². The lowest BCUT2D eigenvalue weighted by atomic mass is 10.1. The Morgan fingerprint density at radius 3 is 2.53 bits per heavy atom. The zero-order chi connectivity index (χ0) is 11.4. The molecule has 0 saturated heterocycles. The van der Waals surface area contributed by atoms with Gasteiger partial charge in [-0.2, -0.15) is 0 Å². The molecule has 1 heterocycles. The van der Waals surface area contributed by atoms with Crippen LogP contribution in [0.1, 0.15) is 38.1 Å². The molecule has 1 rings (SSSR count). The van der Waals surface area contributed by atoms with Crippen LogP contribution in [0.2, 0.25) is 0 Å². The Morgan fingerprint density at radius 1 is 1.33 bits per heavy atom. The van der Waals surface area contributed by atoms with Crippen LogP contribution in [-0.4, -0.2) is 16.0 Å². The van der Waals surface area contributed by atoms with Crippen molar-refractivity contribution in [3.05, 3.63) is 17.5 Å². The second kappa shape index (κ2) is 4.79. The molecule has 1 unspecified atom stereocenters. The van der Waals surface area contributed by atoms with E-state index in [0.29, 0.717) is 11.9 Å². The highest BCUT2D eigenvalue weighted by atomic mass is 15.1. The molecule has 0 aliphatic rings. The SMILES string of the molecule is C#CC(C)Nc1nc(C)cc(C(C)C)n1. The highest BCUT2D eigenvalue weighted by Crippen LogP contribution is 2.14. The van der Waals surface area contributed by atoms with Crippen LogP contribution in [0.15, 0.2) is 6.07 Å². The van der Waals surface area contributed by atoms with Crippen molar-refractivity contribution in [2.45, 2.75) is 39.7 Å². The summed E-state index contributed by atoms with van der Waals surface area (Å²) >= 11 is 0. The molecule has 0 fully saturated rings. The van der Waals surface area contributed by atoms with Gasteiger partial charge in [0.25, 0.3) is 0 Å². The van der Waals surface area contributed by atoms with Gasteiger partial charge in [0.1, 0.15) is 0 Å². The number of rotatable bonds is 3. The van der Waals surface area contributed by atoms with Crippen molar-refractivity contribution in [1.82, 2.24) is 9.97 Å². The second-order valence-electron chi connectivity index (χ2n) is 3.95. The van der Waals surface area contributed by atoms with Crippen LogP contribution in [0, 0.1) is 19.3 Å². The fourth-order valence-electron chi connectivity index (χ4n) is 1.19. The van der Waals surface area contributed by atoms with Gasteiger partial charge in [0, 0.05) is 11.4 Å². The average molecular weight is 203 g/mol. The molecule has 80 valence electrons. The van der Waals surface area contributed by atoms with E-state index < -0.39 is 0 Å². The molecule has 1 aromatic rings. The van der Waals surface area contributed by atoms with E-state index in [4.69, 9.17) is 6.42 Å². The lowest BCUT2D eigenvalue weighted by molar-refractivity contribution is 0.806.